The first kappa shape index (κ1) is 27.9. The van der Waals surface area contributed by atoms with E-state index >= 15 is 0 Å². The molecule has 0 amide bonds. The molecule has 5 rings (SSSR count). The van der Waals surface area contributed by atoms with E-state index in [-0.39, 0.29) is 51.8 Å². The Kier molecular flexibility index (Phi) is 7.10. The first-order valence-electron chi connectivity index (χ1n) is 12.9. The molecule has 0 aromatic carbocycles. The van der Waals surface area contributed by atoms with Crippen molar-refractivity contribution < 1.29 is 17.9 Å². The fraction of sp³-hybridized carbons (Fsp3) is 0.385. The molecule has 1 aliphatic rings. The maximum Gasteiger partial charge on any atom is 0.433 e. The number of nitrogens with zero attached hydrogens (tertiary/aromatic N) is 7. The number of halogens is 3. The molecule has 15 heteroatoms. The van der Waals surface area contributed by atoms with Crippen molar-refractivity contribution in [1.82, 2.24) is 29.3 Å². The standard InChI is InChI=1S/C26H26BF3N10O/c1-4-25(5-2)8-15(9-25)40-19(26(28,29)30)7-20(38-40)35-24-36-23-21(39(24)3)17(11-32)18(13-34-23)41-16-6-14(10-31)22(37-27)33-12-16/h6-7,10,12-13,15,31H,4-5,8-9H2,1-3H3,(H,33,37)(H,34,35,36,38). The van der Waals surface area contributed by atoms with Crippen molar-refractivity contribution in [1.29, 1.82) is 10.7 Å². The fourth-order valence-corrected chi connectivity index (χ4v) is 5.33. The second-order valence-electron chi connectivity index (χ2n) is 10.0. The molecule has 0 saturated heterocycles. The average molecular weight is 562 g/mol. The van der Waals surface area contributed by atoms with E-state index in [0.29, 0.717) is 23.9 Å². The van der Waals surface area contributed by atoms with Gasteiger partial charge in [0.1, 0.15) is 34.4 Å². The van der Waals surface area contributed by atoms with Crippen molar-refractivity contribution in [3.63, 3.8) is 0 Å². The van der Waals surface area contributed by atoms with E-state index in [1.54, 1.807) is 7.05 Å². The van der Waals surface area contributed by atoms with Gasteiger partial charge in [-0.05, 0) is 24.3 Å². The van der Waals surface area contributed by atoms with E-state index in [9.17, 15) is 18.4 Å². The van der Waals surface area contributed by atoms with Gasteiger partial charge in [-0.25, -0.2) is 9.97 Å². The van der Waals surface area contributed by atoms with Gasteiger partial charge in [0.15, 0.2) is 17.2 Å². The number of anilines is 3. The maximum absolute atomic E-state index is 13.9. The van der Waals surface area contributed by atoms with Gasteiger partial charge in [0, 0.05) is 24.9 Å². The van der Waals surface area contributed by atoms with E-state index in [1.165, 1.54) is 23.0 Å². The van der Waals surface area contributed by atoms with Crippen LogP contribution in [0.4, 0.5) is 30.8 Å². The number of hydrogen-bond donors (Lipinski definition) is 3. The third-order valence-electron chi connectivity index (χ3n) is 7.84. The van der Waals surface area contributed by atoms with Crippen LogP contribution in [0.1, 0.15) is 62.4 Å². The van der Waals surface area contributed by atoms with Crippen molar-refractivity contribution in [3.05, 3.63) is 41.3 Å². The molecule has 11 nitrogen and oxygen atoms in total. The molecule has 4 heterocycles. The van der Waals surface area contributed by atoms with Crippen LogP contribution in [0.5, 0.6) is 11.5 Å². The molecular formula is C26H26BF3N10O. The molecule has 41 heavy (non-hydrogen) atoms. The molecule has 4 aromatic heterocycles. The highest BCUT2D eigenvalue weighted by atomic mass is 19.4. The van der Waals surface area contributed by atoms with Crippen LogP contribution in [0.25, 0.3) is 11.2 Å². The summed E-state index contributed by atoms with van der Waals surface area (Å²) in [6.45, 7) is 4.12. The van der Waals surface area contributed by atoms with E-state index in [0.717, 1.165) is 29.8 Å². The third kappa shape index (κ3) is 4.94. The van der Waals surface area contributed by atoms with Gasteiger partial charge in [-0.3, -0.25) is 4.68 Å². The zero-order valence-corrected chi connectivity index (χ0v) is 22.5. The summed E-state index contributed by atoms with van der Waals surface area (Å²) < 4.78 is 50.2. The highest BCUT2D eigenvalue weighted by Gasteiger charge is 2.46. The van der Waals surface area contributed by atoms with Gasteiger partial charge in [-0.2, -0.15) is 28.5 Å². The summed E-state index contributed by atoms with van der Waals surface area (Å²) in [5.74, 6) is 0.736. The maximum atomic E-state index is 13.9. The number of fused-ring (bicyclic) bond motifs is 1. The number of imidazole rings is 1. The number of pyridine rings is 2. The Morgan fingerprint density at radius 2 is 1.98 bits per heavy atom. The van der Waals surface area contributed by atoms with E-state index in [1.807, 2.05) is 0 Å². The molecule has 0 spiro atoms. The number of nitrogens with one attached hydrogen (secondary N) is 3. The summed E-state index contributed by atoms with van der Waals surface area (Å²) in [5.41, 5.74) is 0.165. The Labute approximate surface area is 234 Å². The zero-order chi connectivity index (χ0) is 29.5. The third-order valence-corrected chi connectivity index (χ3v) is 7.84. The number of ether oxygens (including phenoxy) is 1. The Morgan fingerprint density at radius 3 is 2.59 bits per heavy atom. The number of aryl methyl sites for hydroxylation is 1. The Balaban J connectivity index is 1.47. The van der Waals surface area contributed by atoms with E-state index in [4.69, 9.17) is 18.1 Å². The van der Waals surface area contributed by atoms with Crippen molar-refractivity contribution in [2.24, 2.45) is 12.5 Å². The summed E-state index contributed by atoms with van der Waals surface area (Å²) >= 11 is 0. The lowest BCUT2D eigenvalue weighted by Crippen LogP contribution is -2.39. The lowest BCUT2D eigenvalue weighted by molar-refractivity contribution is -0.147. The number of aromatic nitrogens is 6. The summed E-state index contributed by atoms with van der Waals surface area (Å²) in [4.78, 5) is 12.7. The lowest BCUT2D eigenvalue weighted by Gasteiger charge is -2.47. The van der Waals surface area contributed by atoms with Crippen LogP contribution in [0, 0.1) is 22.2 Å². The summed E-state index contributed by atoms with van der Waals surface area (Å²) in [5, 5.41) is 27.0. The monoisotopic (exact) mass is 562 g/mol. The van der Waals surface area contributed by atoms with Crippen LogP contribution in [0.15, 0.2) is 24.5 Å². The molecule has 210 valence electrons. The number of hydrogen-bond acceptors (Lipinski definition) is 9. The van der Waals surface area contributed by atoms with Gasteiger partial charge in [0.05, 0.1) is 18.4 Å². The zero-order valence-electron chi connectivity index (χ0n) is 22.5. The van der Waals surface area contributed by atoms with Crippen LogP contribution in [0.2, 0.25) is 0 Å². The topological polar surface area (TPSA) is 142 Å². The lowest BCUT2D eigenvalue weighted by atomic mass is 9.62. The molecule has 3 N–H and O–H groups in total. The summed E-state index contributed by atoms with van der Waals surface area (Å²) in [6, 6.07) is 4.23. The largest absolute Gasteiger partial charge is 0.453 e. The molecule has 1 aliphatic carbocycles. The van der Waals surface area contributed by atoms with Gasteiger partial charge >= 0.3 is 6.18 Å². The molecule has 2 radical (unpaired) electrons. The first-order valence-corrected chi connectivity index (χ1v) is 12.9. The predicted molar refractivity (Wildman–Crippen MR) is 147 cm³/mol. The highest BCUT2D eigenvalue weighted by Crippen LogP contribution is 2.54. The molecule has 0 atom stereocenters. The molecule has 0 bridgehead atoms. The summed E-state index contributed by atoms with van der Waals surface area (Å²) in [6.07, 6.45) is 2.23. The van der Waals surface area contributed by atoms with Crippen LogP contribution in [-0.4, -0.2) is 43.5 Å². The fourth-order valence-electron chi connectivity index (χ4n) is 5.33. The van der Waals surface area contributed by atoms with Crippen LogP contribution < -0.4 is 15.3 Å². The van der Waals surface area contributed by atoms with Gasteiger partial charge in [0.25, 0.3) is 0 Å². The quantitative estimate of drug-likeness (QED) is 0.176. The number of rotatable bonds is 9. The van der Waals surface area contributed by atoms with Crippen molar-refractivity contribution in [3.8, 4) is 17.6 Å². The smallest absolute Gasteiger partial charge is 0.433 e. The molecule has 1 fully saturated rings. The molecule has 4 aromatic rings. The minimum absolute atomic E-state index is 0.0185. The summed E-state index contributed by atoms with van der Waals surface area (Å²) in [7, 11) is 7.00. The average Bonchev–Trinajstić information content (AvgIpc) is 3.50. The SMILES string of the molecule is [B]Nc1ncc(Oc2cnc3nc(Nc4cc(C(F)(F)F)n(C5CC(CC)(CC)C5)n4)n(C)c3c2C#N)cc1C=N. The molecule has 0 unspecified atom stereocenters. The molecule has 0 aliphatic heterocycles. The van der Waals surface area contributed by atoms with E-state index in [2.05, 4.69) is 50.5 Å². The number of nitriles is 1. The van der Waals surface area contributed by atoms with E-state index < -0.39 is 11.9 Å². The number of alkyl halides is 3. The minimum atomic E-state index is -4.58. The predicted octanol–water partition coefficient (Wildman–Crippen LogP) is 5.62. The van der Waals surface area contributed by atoms with Gasteiger partial charge < -0.3 is 25.3 Å². The van der Waals surface area contributed by atoms with Crippen LogP contribution in [-0.2, 0) is 13.2 Å². The second kappa shape index (κ2) is 10.4. The van der Waals surface area contributed by atoms with Gasteiger partial charge in [-0.1, -0.05) is 26.7 Å². The van der Waals surface area contributed by atoms with Crippen molar-refractivity contribution in [2.45, 2.75) is 51.7 Å². The van der Waals surface area contributed by atoms with Gasteiger partial charge in [-0.15, -0.1) is 0 Å². The minimum Gasteiger partial charge on any atom is -0.453 e. The van der Waals surface area contributed by atoms with Gasteiger partial charge in [0.2, 0.25) is 13.9 Å². The van der Waals surface area contributed by atoms with Crippen molar-refractivity contribution >= 4 is 42.9 Å². The van der Waals surface area contributed by atoms with Crippen LogP contribution in [0.3, 0.4) is 0 Å². The Hall–Kier alpha value is -4.61. The van der Waals surface area contributed by atoms with Crippen LogP contribution >= 0.6 is 0 Å². The Morgan fingerprint density at radius 1 is 1.24 bits per heavy atom. The first-order chi connectivity index (χ1) is 19.6. The molecular weight excluding hydrogens is 536 g/mol. The normalized spacial score (nSPS) is 14.9. The Bertz CT molecular complexity index is 1660. The molecule has 1 saturated carbocycles. The second-order valence-corrected chi connectivity index (χ2v) is 10.0. The highest BCUT2D eigenvalue weighted by molar-refractivity contribution is 6.16. The van der Waals surface area contributed by atoms with Crippen molar-refractivity contribution in [2.75, 3.05) is 10.5 Å².